The van der Waals surface area contributed by atoms with Crippen molar-refractivity contribution in [1.29, 1.82) is 0 Å². The summed E-state index contributed by atoms with van der Waals surface area (Å²) in [6.45, 7) is 6.84. The molecule has 8 nitrogen and oxygen atoms in total. The Labute approximate surface area is 222 Å². The highest BCUT2D eigenvalue weighted by Gasteiger charge is 2.27. The number of fused-ring (bicyclic) bond motifs is 1. The number of nitrogens with zero attached hydrogens (tertiary/aromatic N) is 5. The summed E-state index contributed by atoms with van der Waals surface area (Å²) in [5.74, 6) is 0.205. The summed E-state index contributed by atoms with van der Waals surface area (Å²) in [4.78, 5) is 39.2. The molecule has 2 aliphatic rings. The molecule has 4 heterocycles. The van der Waals surface area contributed by atoms with Crippen molar-refractivity contribution < 1.29 is 14.0 Å². The van der Waals surface area contributed by atoms with Gasteiger partial charge in [-0.25, -0.2) is 9.37 Å². The van der Waals surface area contributed by atoms with Gasteiger partial charge < -0.3 is 9.47 Å². The smallest absolute Gasteiger partial charge is 0.258 e. The van der Waals surface area contributed by atoms with E-state index in [4.69, 9.17) is 4.98 Å². The van der Waals surface area contributed by atoms with E-state index in [9.17, 15) is 14.0 Å². The van der Waals surface area contributed by atoms with Crippen LogP contribution in [0.15, 0.2) is 48.7 Å². The zero-order valence-electron chi connectivity index (χ0n) is 22.1. The van der Waals surface area contributed by atoms with E-state index in [0.717, 1.165) is 48.1 Å². The van der Waals surface area contributed by atoms with Crippen molar-refractivity contribution in [2.45, 2.75) is 51.7 Å². The van der Waals surface area contributed by atoms with Crippen LogP contribution in [0.4, 0.5) is 10.3 Å². The van der Waals surface area contributed by atoms with Crippen molar-refractivity contribution >= 4 is 28.8 Å². The molecule has 0 spiro atoms. The van der Waals surface area contributed by atoms with Gasteiger partial charge in [0, 0.05) is 56.3 Å². The minimum Gasteiger partial charge on any atom is -0.337 e. The van der Waals surface area contributed by atoms with Crippen molar-refractivity contribution in [3.63, 3.8) is 0 Å². The summed E-state index contributed by atoms with van der Waals surface area (Å²) in [7, 11) is 0. The zero-order chi connectivity index (χ0) is 26.6. The van der Waals surface area contributed by atoms with Gasteiger partial charge in [0.15, 0.2) is 0 Å². The quantitative estimate of drug-likeness (QED) is 0.488. The maximum atomic E-state index is 13.5. The standard InChI is InChI=1S/C29H35FN6O2/c1-20-7-5-9-25-27(20)36(29(32-25)33-28(38)22-11-13-31-21(2)17-22)24-8-3-4-15-35(19-24)26(37)10-6-14-34-16-12-23(30)18-34/h5-7,9-11,13,17,23-24H,3-4,8,12,14-16,18-19H2,1-2H3,(H,32,33,38)/b10-6+/t23-,24-/m1/s1. The summed E-state index contributed by atoms with van der Waals surface area (Å²) < 4.78 is 15.6. The molecule has 38 heavy (non-hydrogen) atoms. The van der Waals surface area contributed by atoms with Crippen LogP contribution in [-0.4, -0.2) is 75.0 Å². The van der Waals surface area contributed by atoms with Crippen LogP contribution in [0.5, 0.6) is 0 Å². The van der Waals surface area contributed by atoms with Crippen LogP contribution in [0.2, 0.25) is 0 Å². The lowest BCUT2D eigenvalue weighted by molar-refractivity contribution is -0.126. The van der Waals surface area contributed by atoms with E-state index in [1.807, 2.05) is 47.9 Å². The van der Waals surface area contributed by atoms with Gasteiger partial charge in [0.2, 0.25) is 11.9 Å². The van der Waals surface area contributed by atoms with Gasteiger partial charge in [0.25, 0.3) is 5.91 Å². The largest absolute Gasteiger partial charge is 0.337 e. The summed E-state index contributed by atoms with van der Waals surface area (Å²) >= 11 is 0. The number of aromatic nitrogens is 3. The lowest BCUT2D eigenvalue weighted by Crippen LogP contribution is -2.35. The van der Waals surface area contributed by atoms with E-state index in [-0.39, 0.29) is 17.9 Å². The molecule has 2 amide bonds. The number of imidazole rings is 1. The minimum atomic E-state index is -0.767. The molecule has 0 aliphatic carbocycles. The maximum Gasteiger partial charge on any atom is 0.258 e. The Kier molecular flexibility index (Phi) is 7.83. The van der Waals surface area contributed by atoms with E-state index in [1.165, 1.54) is 0 Å². The Morgan fingerprint density at radius 2 is 2.00 bits per heavy atom. The van der Waals surface area contributed by atoms with Crippen molar-refractivity contribution in [2.24, 2.45) is 0 Å². The van der Waals surface area contributed by atoms with Crippen molar-refractivity contribution in [3.8, 4) is 0 Å². The molecular weight excluding hydrogens is 483 g/mol. The van der Waals surface area contributed by atoms with E-state index >= 15 is 0 Å². The number of nitrogens with one attached hydrogen (secondary N) is 1. The van der Waals surface area contributed by atoms with Gasteiger partial charge in [-0.05, 0) is 63.3 Å². The zero-order valence-corrected chi connectivity index (χ0v) is 22.1. The molecule has 2 aliphatic heterocycles. The lowest BCUT2D eigenvalue weighted by atomic mass is 10.1. The number of alkyl halides is 1. The highest BCUT2D eigenvalue weighted by atomic mass is 19.1. The Morgan fingerprint density at radius 3 is 2.79 bits per heavy atom. The minimum absolute atomic E-state index is 0.0353. The number of rotatable bonds is 6. The van der Waals surface area contributed by atoms with E-state index < -0.39 is 6.17 Å². The Balaban J connectivity index is 1.39. The van der Waals surface area contributed by atoms with Gasteiger partial charge in [-0.2, -0.15) is 0 Å². The van der Waals surface area contributed by atoms with E-state index in [2.05, 4.69) is 14.9 Å². The molecule has 2 fully saturated rings. The highest BCUT2D eigenvalue weighted by Crippen LogP contribution is 2.32. The van der Waals surface area contributed by atoms with Gasteiger partial charge in [0.1, 0.15) is 6.17 Å². The van der Waals surface area contributed by atoms with Gasteiger partial charge in [-0.3, -0.25) is 24.8 Å². The van der Waals surface area contributed by atoms with Crippen molar-refractivity contribution in [3.05, 3.63) is 65.5 Å². The topological polar surface area (TPSA) is 83.4 Å². The van der Waals surface area contributed by atoms with Crippen LogP contribution in [0.3, 0.4) is 0 Å². The van der Waals surface area contributed by atoms with E-state index in [0.29, 0.717) is 44.1 Å². The third-order valence-electron chi connectivity index (χ3n) is 7.46. The first-order valence-electron chi connectivity index (χ1n) is 13.4. The second kappa shape index (κ2) is 11.4. The first-order chi connectivity index (χ1) is 18.4. The van der Waals surface area contributed by atoms with Crippen LogP contribution in [0.1, 0.15) is 53.3 Å². The normalized spacial score (nSPS) is 20.8. The van der Waals surface area contributed by atoms with Crippen LogP contribution < -0.4 is 5.32 Å². The molecule has 9 heteroatoms. The number of benzene rings is 1. The van der Waals surface area contributed by atoms with Crippen LogP contribution >= 0.6 is 0 Å². The predicted octanol–water partition coefficient (Wildman–Crippen LogP) is 4.45. The number of hydrogen-bond donors (Lipinski definition) is 1. The molecule has 2 saturated heterocycles. The third-order valence-corrected chi connectivity index (χ3v) is 7.46. The number of hydrogen-bond acceptors (Lipinski definition) is 5. The lowest BCUT2D eigenvalue weighted by Gasteiger charge is -2.26. The summed E-state index contributed by atoms with van der Waals surface area (Å²) in [6, 6.07) is 9.36. The fourth-order valence-electron chi connectivity index (χ4n) is 5.51. The number of pyridine rings is 1. The average Bonchev–Trinajstić information content (AvgIpc) is 3.38. The van der Waals surface area contributed by atoms with Gasteiger partial charge in [0.05, 0.1) is 17.1 Å². The Bertz CT molecular complexity index is 1350. The molecule has 2 aromatic heterocycles. The van der Waals surface area contributed by atoms with Gasteiger partial charge in [-0.1, -0.05) is 18.2 Å². The number of anilines is 1. The highest BCUT2D eigenvalue weighted by molar-refractivity contribution is 6.04. The molecule has 5 rings (SSSR count). The molecule has 200 valence electrons. The second-order valence-corrected chi connectivity index (χ2v) is 10.4. The number of amides is 2. The number of halogens is 1. The van der Waals surface area contributed by atoms with Crippen molar-refractivity contribution in [1.82, 2.24) is 24.3 Å². The third kappa shape index (κ3) is 5.78. The summed E-state index contributed by atoms with van der Waals surface area (Å²) in [5, 5.41) is 3.03. The number of para-hydroxylation sites is 1. The van der Waals surface area contributed by atoms with Crippen molar-refractivity contribution in [2.75, 3.05) is 38.0 Å². The molecule has 1 N–H and O–H groups in total. The summed E-state index contributed by atoms with van der Waals surface area (Å²) in [5.41, 5.74) is 4.13. The fourth-order valence-corrected chi connectivity index (χ4v) is 5.51. The SMILES string of the molecule is Cc1cc(C(=O)Nc2nc3cccc(C)c3n2[C@@H]2CCCCN(C(=O)/C=C/CN3CC[C@@H](F)C3)C2)ccn1. The Morgan fingerprint density at radius 1 is 1.13 bits per heavy atom. The van der Waals surface area contributed by atoms with Gasteiger partial charge in [-0.15, -0.1) is 0 Å². The van der Waals surface area contributed by atoms with Crippen LogP contribution in [0, 0.1) is 13.8 Å². The monoisotopic (exact) mass is 518 g/mol. The van der Waals surface area contributed by atoms with E-state index in [1.54, 1.807) is 24.4 Å². The first-order valence-corrected chi connectivity index (χ1v) is 13.4. The van der Waals surface area contributed by atoms with Crippen LogP contribution in [-0.2, 0) is 4.79 Å². The molecule has 1 aromatic carbocycles. The molecule has 0 saturated carbocycles. The number of carbonyl (C=O) groups is 2. The number of carbonyl (C=O) groups excluding carboxylic acids is 2. The number of aryl methyl sites for hydroxylation is 2. The second-order valence-electron chi connectivity index (χ2n) is 10.4. The average molecular weight is 519 g/mol. The predicted molar refractivity (Wildman–Crippen MR) is 146 cm³/mol. The molecule has 0 unspecified atom stereocenters. The summed E-state index contributed by atoms with van der Waals surface area (Å²) in [6.07, 6.45) is 7.64. The first kappa shape index (κ1) is 26.0. The van der Waals surface area contributed by atoms with Crippen LogP contribution in [0.25, 0.3) is 11.0 Å². The number of likely N-dealkylation sites (tertiary alicyclic amines) is 2. The molecule has 3 aromatic rings. The fraction of sp³-hybridized carbons (Fsp3) is 0.448. The maximum absolute atomic E-state index is 13.5. The Hall–Kier alpha value is -3.59. The molecule has 0 radical (unpaired) electrons. The molecular formula is C29H35FN6O2. The van der Waals surface area contributed by atoms with Gasteiger partial charge >= 0.3 is 0 Å². The molecule has 0 bridgehead atoms. The molecule has 2 atom stereocenters.